The van der Waals surface area contributed by atoms with Crippen LogP contribution in [0.3, 0.4) is 0 Å². The summed E-state index contributed by atoms with van der Waals surface area (Å²) in [6.45, 7) is 0.107. The van der Waals surface area contributed by atoms with Crippen LogP contribution in [-0.2, 0) is 11.3 Å². The van der Waals surface area contributed by atoms with Crippen molar-refractivity contribution < 1.29 is 13.6 Å². The number of benzene rings is 2. The molecule has 7 nitrogen and oxygen atoms in total. The van der Waals surface area contributed by atoms with E-state index in [0.29, 0.717) is 32.5 Å². The molecule has 0 saturated carbocycles. The van der Waals surface area contributed by atoms with Gasteiger partial charge < -0.3 is 14.2 Å². The first-order valence-corrected chi connectivity index (χ1v) is 12.3. The number of halogens is 1. The molecule has 0 aliphatic carbocycles. The first-order chi connectivity index (χ1) is 18.0. The van der Waals surface area contributed by atoms with Gasteiger partial charge in [-0.3, -0.25) is 14.2 Å². The van der Waals surface area contributed by atoms with Crippen LogP contribution in [0.4, 0.5) is 0 Å². The van der Waals surface area contributed by atoms with Crippen LogP contribution in [0.5, 0.6) is 0 Å². The van der Waals surface area contributed by atoms with Crippen molar-refractivity contribution in [2.45, 2.75) is 6.54 Å². The van der Waals surface area contributed by atoms with Crippen LogP contribution >= 0.6 is 22.9 Å². The van der Waals surface area contributed by atoms with E-state index in [4.69, 9.17) is 20.4 Å². The molecule has 37 heavy (non-hydrogen) atoms. The van der Waals surface area contributed by atoms with E-state index in [1.54, 1.807) is 66.7 Å². The van der Waals surface area contributed by atoms with Gasteiger partial charge in [0.1, 0.15) is 28.0 Å². The Hall–Kier alpha value is -4.58. The summed E-state index contributed by atoms with van der Waals surface area (Å²) >= 11 is 7.13. The normalized spacial score (nSPS) is 12.3. The van der Waals surface area contributed by atoms with Gasteiger partial charge >= 0.3 is 0 Å². The van der Waals surface area contributed by atoms with E-state index in [0.717, 1.165) is 16.9 Å². The lowest BCUT2D eigenvalue weighted by Crippen LogP contribution is -2.33. The maximum Gasteiger partial charge on any atom is 0.273 e. The Morgan fingerprint density at radius 3 is 2.65 bits per heavy atom. The third-order valence-electron chi connectivity index (χ3n) is 5.40. The highest BCUT2D eigenvalue weighted by molar-refractivity contribution is 7.07. The zero-order valence-corrected chi connectivity index (χ0v) is 20.8. The number of hydrogen-bond donors (Lipinski definition) is 1. The molecule has 0 radical (unpaired) electrons. The van der Waals surface area contributed by atoms with Gasteiger partial charge in [0.15, 0.2) is 5.57 Å². The lowest BCUT2D eigenvalue weighted by molar-refractivity contribution is -0.115. The van der Waals surface area contributed by atoms with Crippen LogP contribution in [0.2, 0.25) is 5.02 Å². The highest BCUT2D eigenvalue weighted by Gasteiger charge is 2.17. The van der Waals surface area contributed by atoms with Crippen molar-refractivity contribution in [1.29, 1.82) is 5.26 Å². The first kappa shape index (κ1) is 24.1. The van der Waals surface area contributed by atoms with E-state index >= 15 is 0 Å². The van der Waals surface area contributed by atoms with Crippen LogP contribution < -0.4 is 20.1 Å². The van der Waals surface area contributed by atoms with E-state index < -0.39 is 5.91 Å². The molecule has 9 heteroatoms. The Morgan fingerprint density at radius 2 is 1.92 bits per heavy atom. The number of nitrogens with zero attached hydrogens (tertiary/aromatic N) is 2. The SMILES string of the molecule is N#C/C(C(=O)NCc1ccco1)=c1/s/c(=C/c2ccc(-c3cccc(Cl)c3)o2)c(=O)n1-c1ccccc1. The molecular weight excluding hydrogens is 510 g/mol. The van der Waals surface area contributed by atoms with Crippen LogP contribution in [-0.4, -0.2) is 10.5 Å². The summed E-state index contributed by atoms with van der Waals surface area (Å²) in [5.74, 6) is 0.966. The van der Waals surface area contributed by atoms with E-state index in [9.17, 15) is 14.9 Å². The number of rotatable bonds is 6. The van der Waals surface area contributed by atoms with Crippen molar-refractivity contribution in [1.82, 2.24) is 9.88 Å². The van der Waals surface area contributed by atoms with E-state index in [1.807, 2.05) is 24.3 Å². The van der Waals surface area contributed by atoms with E-state index in [-0.39, 0.29) is 22.3 Å². The Kier molecular flexibility index (Phi) is 6.90. The van der Waals surface area contributed by atoms with Gasteiger partial charge in [0.2, 0.25) is 0 Å². The Morgan fingerprint density at radius 1 is 1.08 bits per heavy atom. The zero-order chi connectivity index (χ0) is 25.8. The molecule has 1 amide bonds. The fraction of sp³-hybridized carbons (Fsp3) is 0.0357. The largest absolute Gasteiger partial charge is 0.467 e. The van der Waals surface area contributed by atoms with Crippen LogP contribution in [0.15, 0.2) is 98.8 Å². The molecule has 1 N–H and O–H groups in total. The molecule has 0 atom stereocenters. The predicted molar refractivity (Wildman–Crippen MR) is 141 cm³/mol. The second-order valence-corrected chi connectivity index (χ2v) is 9.32. The Bertz CT molecular complexity index is 1790. The number of furan rings is 2. The number of carbonyl (C=O) groups excluding carboxylic acids is 1. The summed E-state index contributed by atoms with van der Waals surface area (Å²) in [6.07, 6.45) is 3.09. The first-order valence-electron chi connectivity index (χ1n) is 11.1. The molecule has 0 bridgehead atoms. The van der Waals surface area contributed by atoms with Crippen LogP contribution in [0.25, 0.3) is 28.7 Å². The number of carbonyl (C=O) groups is 1. The third kappa shape index (κ3) is 5.19. The van der Waals surface area contributed by atoms with Gasteiger partial charge in [-0.25, -0.2) is 0 Å². The molecule has 0 saturated heterocycles. The minimum Gasteiger partial charge on any atom is -0.467 e. The molecule has 5 aromatic rings. The van der Waals surface area contributed by atoms with Crippen LogP contribution in [0.1, 0.15) is 11.5 Å². The van der Waals surface area contributed by atoms with Crippen molar-refractivity contribution in [3.63, 3.8) is 0 Å². The number of aromatic nitrogens is 1. The maximum absolute atomic E-state index is 13.5. The van der Waals surface area contributed by atoms with E-state index in [1.165, 1.54) is 10.8 Å². The fourth-order valence-corrected chi connectivity index (χ4v) is 4.95. The summed E-state index contributed by atoms with van der Waals surface area (Å²) in [4.78, 5) is 26.5. The molecule has 0 aliphatic rings. The lowest BCUT2D eigenvalue weighted by atomic mass is 10.2. The highest BCUT2D eigenvalue weighted by Crippen LogP contribution is 2.25. The van der Waals surface area contributed by atoms with Gasteiger partial charge in [-0.15, -0.1) is 11.3 Å². The number of para-hydroxylation sites is 1. The smallest absolute Gasteiger partial charge is 0.273 e. The highest BCUT2D eigenvalue weighted by atomic mass is 35.5. The third-order valence-corrected chi connectivity index (χ3v) is 6.73. The fourth-order valence-electron chi connectivity index (χ4n) is 3.68. The number of nitrogens with one attached hydrogen (secondary N) is 1. The monoisotopic (exact) mass is 527 g/mol. The van der Waals surface area contributed by atoms with Gasteiger partial charge in [-0.1, -0.05) is 41.9 Å². The minimum absolute atomic E-state index is 0.107. The van der Waals surface area contributed by atoms with Gasteiger partial charge in [0.05, 0.1) is 23.0 Å². The second-order valence-electron chi connectivity index (χ2n) is 7.85. The molecule has 0 fully saturated rings. The molecule has 0 unspecified atom stereocenters. The molecule has 2 aromatic carbocycles. The van der Waals surface area contributed by atoms with Crippen molar-refractivity contribution in [2.75, 3.05) is 0 Å². The lowest BCUT2D eigenvalue weighted by Gasteiger charge is -2.04. The van der Waals surface area contributed by atoms with Crippen molar-refractivity contribution in [3.8, 4) is 23.1 Å². The molecule has 3 aromatic heterocycles. The van der Waals surface area contributed by atoms with Gasteiger partial charge in [0, 0.05) is 16.7 Å². The standard InChI is InChI=1S/C28H18ClN3O4S/c29-19-7-4-6-18(14-19)24-12-11-21(36-24)15-25-27(34)32(20-8-2-1-3-9-20)28(37-25)23(16-30)26(33)31-17-22-10-5-13-35-22/h1-15H,17H2,(H,31,33)/b25-15+,28-23-. The summed E-state index contributed by atoms with van der Waals surface area (Å²) < 4.78 is 13.1. The number of hydrogen-bond acceptors (Lipinski definition) is 6. The second kappa shape index (κ2) is 10.6. The summed E-state index contributed by atoms with van der Waals surface area (Å²) in [6, 6.07) is 25.0. The predicted octanol–water partition coefficient (Wildman–Crippen LogP) is 4.22. The van der Waals surface area contributed by atoms with Gasteiger partial charge in [-0.2, -0.15) is 5.26 Å². The number of nitriles is 1. The van der Waals surface area contributed by atoms with E-state index in [2.05, 4.69) is 5.32 Å². The topological polar surface area (TPSA) is 101 Å². The van der Waals surface area contributed by atoms with Crippen LogP contribution in [0, 0.1) is 11.3 Å². The average Bonchev–Trinajstić information content (AvgIpc) is 3.66. The quantitative estimate of drug-likeness (QED) is 0.356. The minimum atomic E-state index is -0.613. The van der Waals surface area contributed by atoms with Crippen molar-refractivity contribution in [2.24, 2.45) is 0 Å². The zero-order valence-electron chi connectivity index (χ0n) is 19.2. The van der Waals surface area contributed by atoms with Crippen molar-refractivity contribution in [3.05, 3.63) is 121 Å². The molecule has 5 rings (SSSR count). The summed E-state index contributed by atoms with van der Waals surface area (Å²) in [5, 5.41) is 13.2. The van der Waals surface area contributed by atoms with Crippen molar-refractivity contribution >= 4 is 40.5 Å². The summed E-state index contributed by atoms with van der Waals surface area (Å²) in [5.41, 5.74) is 0.771. The molecule has 3 heterocycles. The molecule has 0 spiro atoms. The number of amides is 1. The maximum atomic E-state index is 13.5. The Labute approximate surface area is 219 Å². The molecule has 182 valence electrons. The van der Waals surface area contributed by atoms with Gasteiger partial charge in [-0.05, 0) is 48.5 Å². The Balaban J connectivity index is 1.62. The molecular formula is C28H18ClN3O4S. The molecule has 0 aliphatic heterocycles. The average molecular weight is 528 g/mol. The van der Waals surface area contributed by atoms with Gasteiger partial charge in [0.25, 0.3) is 11.5 Å². The summed E-state index contributed by atoms with van der Waals surface area (Å²) in [7, 11) is 0. The number of thiazole rings is 1.